The van der Waals surface area contributed by atoms with Crippen LogP contribution in [0.3, 0.4) is 0 Å². The molecule has 0 saturated heterocycles. The molecule has 7 nitrogen and oxygen atoms in total. The maximum atomic E-state index is 12.1. The molecule has 4 rings (SSSR count). The summed E-state index contributed by atoms with van der Waals surface area (Å²) in [5, 5.41) is 10.5. The minimum atomic E-state index is -0.385. The number of hydrogen-bond acceptors (Lipinski definition) is 7. The van der Waals surface area contributed by atoms with Crippen LogP contribution in [0.2, 0.25) is 0 Å². The number of thioether (sulfide) groups is 1. The summed E-state index contributed by atoms with van der Waals surface area (Å²) >= 11 is 1.55. The Morgan fingerprint density at radius 2 is 1.88 bits per heavy atom. The van der Waals surface area contributed by atoms with Crippen LogP contribution in [0.15, 0.2) is 69.0 Å². The summed E-state index contributed by atoms with van der Waals surface area (Å²) in [5.74, 6) is 3.33. The molecule has 0 spiro atoms. The van der Waals surface area contributed by atoms with Crippen molar-refractivity contribution in [3.05, 3.63) is 76.4 Å². The molecular weight excluding hydrogens is 438 g/mol. The molecule has 0 N–H and O–H groups in total. The average molecular weight is 466 g/mol. The lowest BCUT2D eigenvalue weighted by molar-refractivity contribution is 0.285. The first-order valence-corrected chi connectivity index (χ1v) is 11.9. The number of para-hydroxylation sites is 1. The van der Waals surface area contributed by atoms with Gasteiger partial charge < -0.3 is 18.5 Å². The fraction of sp³-hybridized carbons (Fsp3) is 0.320. The highest BCUT2D eigenvalue weighted by Gasteiger charge is 2.15. The first kappa shape index (κ1) is 22.9. The molecule has 33 heavy (non-hydrogen) atoms. The third kappa shape index (κ3) is 5.76. The van der Waals surface area contributed by atoms with Gasteiger partial charge in [-0.15, -0.1) is 10.2 Å². The van der Waals surface area contributed by atoms with Crippen LogP contribution in [0.4, 0.5) is 0 Å². The monoisotopic (exact) mass is 465 g/mol. The van der Waals surface area contributed by atoms with Crippen LogP contribution in [0.5, 0.6) is 11.5 Å². The van der Waals surface area contributed by atoms with Gasteiger partial charge >= 0.3 is 5.63 Å². The van der Waals surface area contributed by atoms with Crippen molar-refractivity contribution in [1.29, 1.82) is 0 Å². The van der Waals surface area contributed by atoms with Gasteiger partial charge in [-0.25, -0.2) is 4.79 Å². The summed E-state index contributed by atoms with van der Waals surface area (Å²) in [7, 11) is 1.59. The fourth-order valence-corrected chi connectivity index (χ4v) is 4.38. The van der Waals surface area contributed by atoms with E-state index < -0.39 is 0 Å². The molecule has 0 bridgehead atoms. The van der Waals surface area contributed by atoms with Crippen molar-refractivity contribution in [2.45, 2.75) is 44.3 Å². The van der Waals surface area contributed by atoms with E-state index in [0.717, 1.165) is 40.6 Å². The zero-order valence-corrected chi connectivity index (χ0v) is 19.8. The number of rotatable bonds is 10. The Kier molecular flexibility index (Phi) is 7.34. The third-order valence-corrected chi connectivity index (χ3v) is 6.24. The van der Waals surface area contributed by atoms with Crippen LogP contribution in [0.25, 0.3) is 11.0 Å². The Balaban J connectivity index is 1.56. The van der Waals surface area contributed by atoms with E-state index in [0.29, 0.717) is 29.6 Å². The normalized spacial score (nSPS) is 11.3. The highest BCUT2D eigenvalue weighted by Crippen LogP contribution is 2.28. The largest absolute Gasteiger partial charge is 0.497 e. The Labute approximate surface area is 196 Å². The highest BCUT2D eigenvalue weighted by atomic mass is 32.2. The Hall–Kier alpha value is -3.26. The maximum Gasteiger partial charge on any atom is 0.336 e. The van der Waals surface area contributed by atoms with Crippen molar-refractivity contribution in [1.82, 2.24) is 14.8 Å². The molecule has 0 aliphatic carbocycles. The zero-order chi connectivity index (χ0) is 23.2. The molecule has 2 aromatic carbocycles. The van der Waals surface area contributed by atoms with Crippen molar-refractivity contribution in [3.8, 4) is 11.5 Å². The predicted octanol–water partition coefficient (Wildman–Crippen LogP) is 5.31. The van der Waals surface area contributed by atoms with E-state index in [-0.39, 0.29) is 5.63 Å². The molecule has 0 saturated carbocycles. The lowest BCUT2D eigenvalue weighted by atomic mass is 10.1. The zero-order valence-electron chi connectivity index (χ0n) is 19.0. The van der Waals surface area contributed by atoms with Gasteiger partial charge in [-0.1, -0.05) is 43.8 Å². The number of methoxy groups -OCH3 is 1. The molecule has 0 aliphatic rings. The number of fused-ring (bicyclic) bond motifs is 1. The second-order valence-corrected chi connectivity index (χ2v) is 9.02. The number of nitrogens with zero attached hydrogens (tertiary/aromatic N) is 3. The summed E-state index contributed by atoms with van der Waals surface area (Å²) in [6.45, 7) is 5.53. The quantitative estimate of drug-likeness (QED) is 0.232. The number of aromatic nitrogens is 3. The van der Waals surface area contributed by atoms with Gasteiger partial charge in [0, 0.05) is 29.8 Å². The molecule has 0 radical (unpaired) electrons. The van der Waals surface area contributed by atoms with Gasteiger partial charge in [0.25, 0.3) is 0 Å². The summed E-state index contributed by atoms with van der Waals surface area (Å²) in [5.41, 5.74) is 1.01. The van der Waals surface area contributed by atoms with Gasteiger partial charge in [-0.05, 0) is 42.2 Å². The molecule has 2 heterocycles. The minimum absolute atomic E-state index is 0.341. The second-order valence-electron chi connectivity index (χ2n) is 8.08. The van der Waals surface area contributed by atoms with E-state index in [1.807, 2.05) is 42.5 Å². The Morgan fingerprint density at radius 1 is 1.06 bits per heavy atom. The molecule has 4 aromatic rings. The van der Waals surface area contributed by atoms with E-state index >= 15 is 0 Å². The lowest BCUT2D eigenvalue weighted by Gasteiger charge is -2.13. The summed E-state index contributed by atoms with van der Waals surface area (Å²) in [6, 6.07) is 16.7. The van der Waals surface area contributed by atoms with Crippen LogP contribution >= 0.6 is 11.8 Å². The molecule has 0 atom stereocenters. The standard InChI is InChI=1S/C25H27N3O4S/c1-17(2)11-12-28-23(15-31-19-7-5-4-6-8-19)26-27-25(28)33-16-18-13-24(29)32-22-14-20(30-3)9-10-21(18)22/h4-10,13-14,17H,11-12,15-16H2,1-3H3. The van der Waals surface area contributed by atoms with Gasteiger partial charge in [0.2, 0.25) is 0 Å². The molecule has 0 fully saturated rings. The predicted molar refractivity (Wildman–Crippen MR) is 129 cm³/mol. The number of hydrogen-bond donors (Lipinski definition) is 0. The number of benzene rings is 2. The van der Waals surface area contributed by atoms with E-state index in [1.54, 1.807) is 24.9 Å². The molecule has 0 aliphatic heterocycles. The molecule has 0 amide bonds. The smallest absolute Gasteiger partial charge is 0.336 e. The molecule has 0 unspecified atom stereocenters. The summed E-state index contributed by atoms with van der Waals surface area (Å²) < 4.78 is 18.6. The van der Waals surface area contributed by atoms with Crippen molar-refractivity contribution >= 4 is 22.7 Å². The van der Waals surface area contributed by atoms with Gasteiger partial charge in [-0.3, -0.25) is 0 Å². The molecule has 172 valence electrons. The average Bonchev–Trinajstić information content (AvgIpc) is 3.21. The van der Waals surface area contributed by atoms with Crippen LogP contribution in [0.1, 0.15) is 31.7 Å². The van der Waals surface area contributed by atoms with Gasteiger partial charge in [0.1, 0.15) is 23.7 Å². The number of ether oxygens (including phenoxy) is 2. The summed E-state index contributed by atoms with van der Waals surface area (Å²) in [6.07, 6.45) is 1.00. The lowest BCUT2D eigenvalue weighted by Crippen LogP contribution is -2.10. The molecular formula is C25H27N3O4S. The van der Waals surface area contributed by atoms with Crippen molar-refractivity contribution in [3.63, 3.8) is 0 Å². The first-order chi connectivity index (χ1) is 16.0. The van der Waals surface area contributed by atoms with Crippen LogP contribution < -0.4 is 15.1 Å². The Morgan fingerprint density at radius 3 is 2.64 bits per heavy atom. The topological polar surface area (TPSA) is 79.4 Å². The molecule has 8 heteroatoms. The SMILES string of the molecule is COc1ccc2c(CSc3nnc(COc4ccccc4)n3CCC(C)C)cc(=O)oc2c1. The van der Waals surface area contributed by atoms with Crippen molar-refractivity contribution < 1.29 is 13.9 Å². The third-order valence-electron chi connectivity index (χ3n) is 5.23. The second kappa shape index (κ2) is 10.6. The van der Waals surface area contributed by atoms with Crippen molar-refractivity contribution in [2.75, 3.05) is 7.11 Å². The van der Waals surface area contributed by atoms with Crippen molar-refractivity contribution in [2.24, 2.45) is 5.92 Å². The van der Waals surface area contributed by atoms with Crippen LogP contribution in [-0.4, -0.2) is 21.9 Å². The van der Waals surface area contributed by atoms with Gasteiger partial charge in [0.15, 0.2) is 11.0 Å². The van der Waals surface area contributed by atoms with E-state index in [2.05, 4.69) is 28.6 Å². The van der Waals surface area contributed by atoms with Crippen LogP contribution in [0, 0.1) is 5.92 Å². The highest BCUT2D eigenvalue weighted by molar-refractivity contribution is 7.98. The van der Waals surface area contributed by atoms with E-state index in [1.165, 1.54) is 6.07 Å². The first-order valence-electron chi connectivity index (χ1n) is 10.9. The van der Waals surface area contributed by atoms with E-state index in [9.17, 15) is 4.79 Å². The Bertz CT molecular complexity index is 1270. The molecule has 2 aromatic heterocycles. The van der Waals surface area contributed by atoms with Gasteiger partial charge in [0.05, 0.1) is 7.11 Å². The van der Waals surface area contributed by atoms with E-state index in [4.69, 9.17) is 13.9 Å². The van der Waals surface area contributed by atoms with Gasteiger partial charge in [-0.2, -0.15) is 0 Å². The maximum absolute atomic E-state index is 12.1. The summed E-state index contributed by atoms with van der Waals surface area (Å²) in [4.78, 5) is 12.1. The minimum Gasteiger partial charge on any atom is -0.497 e. The van der Waals surface area contributed by atoms with Crippen LogP contribution in [-0.2, 0) is 18.9 Å². The fourth-order valence-electron chi connectivity index (χ4n) is 3.41.